The molecule has 21 heavy (non-hydrogen) atoms. The van der Waals surface area contributed by atoms with Crippen LogP contribution in [0.4, 0.5) is 0 Å². The Bertz CT molecular complexity index is 798. The minimum Gasteiger partial charge on any atom is -0.478 e. The highest BCUT2D eigenvalue weighted by molar-refractivity contribution is 6.24. The van der Waals surface area contributed by atoms with Crippen molar-refractivity contribution in [2.75, 3.05) is 0 Å². The number of carboxylic acids is 1. The summed E-state index contributed by atoms with van der Waals surface area (Å²) in [7, 11) is 0. The molecule has 0 aromatic heterocycles. The van der Waals surface area contributed by atoms with Gasteiger partial charge in [-0.15, -0.1) is 0 Å². The highest BCUT2D eigenvalue weighted by atomic mass is 16.6. The first kappa shape index (κ1) is 13.0. The summed E-state index contributed by atoms with van der Waals surface area (Å²) in [6.45, 7) is 0. The number of carbonyl (C=O) groups excluding carboxylic acids is 1. The van der Waals surface area contributed by atoms with Crippen LogP contribution in [0.25, 0.3) is 5.57 Å². The maximum absolute atomic E-state index is 12.3. The Balaban J connectivity index is 2.24. The molecule has 0 bridgehead atoms. The van der Waals surface area contributed by atoms with Gasteiger partial charge in [0.2, 0.25) is 0 Å². The number of rotatable bonds is 2. The lowest BCUT2D eigenvalue weighted by atomic mass is 9.96. The van der Waals surface area contributed by atoms with Gasteiger partial charge in [-0.25, -0.2) is 4.79 Å². The third-order valence-electron chi connectivity index (χ3n) is 3.55. The van der Waals surface area contributed by atoms with Crippen molar-refractivity contribution in [3.8, 4) is 0 Å². The molecule has 104 valence electrons. The number of carbonyl (C=O) groups is 2. The highest BCUT2D eigenvalue weighted by Gasteiger charge is 2.34. The first-order valence-corrected chi connectivity index (χ1v) is 6.17. The van der Waals surface area contributed by atoms with Gasteiger partial charge in [-0.1, -0.05) is 24.3 Å². The topological polar surface area (TPSA) is 97.5 Å². The van der Waals surface area contributed by atoms with Crippen molar-refractivity contribution in [3.05, 3.63) is 74.5 Å². The number of hydrogen-bond acceptors (Lipinski definition) is 4. The lowest BCUT2D eigenvalue weighted by Crippen LogP contribution is -2.05. The second kappa shape index (κ2) is 4.52. The first-order valence-electron chi connectivity index (χ1n) is 6.17. The van der Waals surface area contributed by atoms with E-state index in [-0.39, 0.29) is 29.0 Å². The van der Waals surface area contributed by atoms with E-state index in [1.807, 2.05) is 0 Å². The summed E-state index contributed by atoms with van der Waals surface area (Å²) in [5.74, 6) is -1.45. The van der Waals surface area contributed by atoms with Gasteiger partial charge in [-0.2, -0.15) is 0 Å². The van der Waals surface area contributed by atoms with Crippen LogP contribution in [-0.2, 0) is 0 Å². The molecule has 2 aliphatic rings. The van der Waals surface area contributed by atoms with Crippen LogP contribution in [0, 0.1) is 10.1 Å². The number of nitro groups is 1. The number of ketones is 1. The Morgan fingerprint density at radius 3 is 2.76 bits per heavy atom. The predicted octanol–water partition coefficient (Wildman–Crippen LogP) is 2.46. The Kier molecular flexibility index (Phi) is 2.79. The minimum atomic E-state index is -1.16. The highest BCUT2D eigenvalue weighted by Crippen LogP contribution is 2.40. The molecule has 1 aromatic rings. The fourth-order valence-electron chi connectivity index (χ4n) is 2.64. The van der Waals surface area contributed by atoms with Gasteiger partial charge in [0.25, 0.3) is 5.70 Å². The van der Waals surface area contributed by atoms with Crippen molar-refractivity contribution in [2.45, 2.75) is 6.42 Å². The maximum Gasteiger partial charge on any atom is 0.336 e. The number of carboxylic acid groups (broad SMARTS) is 1. The molecule has 0 fully saturated rings. The fraction of sp³-hybridized carbons (Fsp3) is 0.0667. The number of benzene rings is 1. The first-order chi connectivity index (χ1) is 10.0. The van der Waals surface area contributed by atoms with Gasteiger partial charge in [0.1, 0.15) is 0 Å². The molecule has 1 aromatic carbocycles. The molecule has 0 saturated heterocycles. The summed E-state index contributed by atoms with van der Waals surface area (Å²) in [6, 6.07) is 4.44. The fourth-order valence-corrected chi connectivity index (χ4v) is 2.64. The Morgan fingerprint density at radius 1 is 1.33 bits per heavy atom. The van der Waals surface area contributed by atoms with Crippen molar-refractivity contribution in [1.82, 2.24) is 0 Å². The molecule has 0 aliphatic heterocycles. The summed E-state index contributed by atoms with van der Waals surface area (Å²) in [5.41, 5.74) is 1.23. The van der Waals surface area contributed by atoms with Crippen LogP contribution in [0.5, 0.6) is 0 Å². The van der Waals surface area contributed by atoms with Crippen molar-refractivity contribution in [1.29, 1.82) is 0 Å². The van der Waals surface area contributed by atoms with E-state index in [9.17, 15) is 24.8 Å². The van der Waals surface area contributed by atoms with Gasteiger partial charge in [0.05, 0.1) is 16.9 Å². The van der Waals surface area contributed by atoms with Crippen molar-refractivity contribution >= 4 is 17.3 Å². The van der Waals surface area contributed by atoms with Crippen molar-refractivity contribution in [3.63, 3.8) is 0 Å². The second-order valence-electron chi connectivity index (χ2n) is 4.71. The van der Waals surface area contributed by atoms with Gasteiger partial charge in [-0.3, -0.25) is 14.9 Å². The van der Waals surface area contributed by atoms with E-state index in [0.717, 1.165) is 0 Å². The van der Waals surface area contributed by atoms with Gasteiger partial charge < -0.3 is 5.11 Å². The van der Waals surface area contributed by atoms with Gasteiger partial charge in [0, 0.05) is 22.8 Å². The van der Waals surface area contributed by atoms with Gasteiger partial charge in [0.15, 0.2) is 5.78 Å². The standard InChI is InChI=1S/C15H9NO5/c17-14-9-4-1-3-8(16(20)21)7-12(9)13-10(14)5-2-6-11(13)15(18)19/h1-6H,7H2,(H,18,19). The van der Waals surface area contributed by atoms with E-state index in [4.69, 9.17) is 0 Å². The number of aromatic carboxylic acids is 1. The molecule has 6 nitrogen and oxygen atoms in total. The third-order valence-corrected chi connectivity index (χ3v) is 3.55. The van der Waals surface area contributed by atoms with E-state index >= 15 is 0 Å². The van der Waals surface area contributed by atoms with Crippen LogP contribution in [0.1, 0.15) is 32.7 Å². The molecular weight excluding hydrogens is 274 g/mol. The van der Waals surface area contributed by atoms with E-state index in [2.05, 4.69) is 0 Å². The molecule has 0 amide bonds. The smallest absolute Gasteiger partial charge is 0.336 e. The number of hydrogen-bond donors (Lipinski definition) is 1. The lowest BCUT2D eigenvalue weighted by Gasteiger charge is -2.07. The van der Waals surface area contributed by atoms with Crippen LogP contribution < -0.4 is 0 Å². The molecule has 3 rings (SSSR count). The summed E-state index contributed by atoms with van der Waals surface area (Å²) in [4.78, 5) is 34.1. The zero-order valence-corrected chi connectivity index (χ0v) is 10.7. The Labute approximate surface area is 118 Å². The summed E-state index contributed by atoms with van der Waals surface area (Å²) in [6.07, 6.45) is 4.21. The van der Waals surface area contributed by atoms with Gasteiger partial charge >= 0.3 is 5.97 Å². The van der Waals surface area contributed by atoms with Crippen LogP contribution in [0.2, 0.25) is 0 Å². The SMILES string of the molecule is O=C(O)c1cccc2c1C1=C(C=CC=C([N+](=O)[O-])C1)C2=O. The number of fused-ring (bicyclic) bond motifs is 2. The number of allylic oxidation sites excluding steroid dienone is 5. The second-order valence-corrected chi connectivity index (χ2v) is 4.71. The Morgan fingerprint density at radius 2 is 2.10 bits per heavy atom. The van der Waals surface area contributed by atoms with E-state index in [0.29, 0.717) is 16.7 Å². The summed E-state index contributed by atoms with van der Waals surface area (Å²) >= 11 is 0. The Hall–Kier alpha value is -3.02. The van der Waals surface area contributed by atoms with Crippen molar-refractivity contribution < 1.29 is 19.6 Å². The van der Waals surface area contributed by atoms with Gasteiger partial charge in [-0.05, 0) is 11.6 Å². The quantitative estimate of drug-likeness (QED) is 0.664. The molecule has 0 radical (unpaired) electrons. The third kappa shape index (κ3) is 1.88. The zero-order valence-electron chi connectivity index (χ0n) is 10.7. The van der Waals surface area contributed by atoms with Crippen LogP contribution in [0.3, 0.4) is 0 Å². The van der Waals surface area contributed by atoms with Crippen LogP contribution in [-0.4, -0.2) is 21.8 Å². The monoisotopic (exact) mass is 283 g/mol. The van der Waals surface area contributed by atoms with E-state index in [1.165, 1.54) is 30.4 Å². The number of Topliss-reactive ketones (excluding diaryl/α,β-unsaturated/α-hetero) is 1. The average molecular weight is 283 g/mol. The zero-order chi connectivity index (χ0) is 15.1. The molecule has 2 aliphatic carbocycles. The molecule has 0 saturated carbocycles. The van der Waals surface area contributed by atoms with Crippen LogP contribution >= 0.6 is 0 Å². The van der Waals surface area contributed by atoms with Crippen molar-refractivity contribution in [2.24, 2.45) is 0 Å². The maximum atomic E-state index is 12.3. The molecule has 0 unspecified atom stereocenters. The number of nitrogens with zero attached hydrogens (tertiary/aromatic N) is 1. The lowest BCUT2D eigenvalue weighted by molar-refractivity contribution is -0.426. The average Bonchev–Trinajstić information content (AvgIpc) is 2.63. The molecule has 6 heteroatoms. The predicted molar refractivity (Wildman–Crippen MR) is 73.5 cm³/mol. The molecule has 0 heterocycles. The molecular formula is C15H9NO5. The van der Waals surface area contributed by atoms with E-state index in [1.54, 1.807) is 6.07 Å². The van der Waals surface area contributed by atoms with Crippen LogP contribution in [0.15, 0.2) is 47.7 Å². The largest absolute Gasteiger partial charge is 0.478 e. The van der Waals surface area contributed by atoms with E-state index < -0.39 is 10.9 Å². The minimum absolute atomic E-state index is 0.0103. The normalized spacial score (nSPS) is 16.2. The molecule has 0 spiro atoms. The molecule has 0 atom stereocenters. The summed E-state index contributed by atoms with van der Waals surface area (Å²) < 4.78 is 0. The molecule has 1 N–H and O–H groups in total. The summed E-state index contributed by atoms with van der Waals surface area (Å²) in [5, 5.41) is 20.3.